The summed E-state index contributed by atoms with van der Waals surface area (Å²) in [6.07, 6.45) is 5.70. The Hall–Kier alpha value is -0.530. The van der Waals surface area contributed by atoms with Gasteiger partial charge in [0.2, 0.25) is 0 Å². The SMILES string of the molecule is CCCCC(C)N=C(N)CCC. The molecule has 0 aliphatic heterocycles. The summed E-state index contributed by atoms with van der Waals surface area (Å²) in [6.45, 7) is 6.46. The van der Waals surface area contributed by atoms with E-state index in [1.165, 1.54) is 19.3 Å². The smallest absolute Gasteiger partial charge is 0.0940 e. The van der Waals surface area contributed by atoms with Gasteiger partial charge in [-0.25, -0.2) is 0 Å². The van der Waals surface area contributed by atoms with Crippen molar-refractivity contribution in [3.05, 3.63) is 0 Å². The highest BCUT2D eigenvalue weighted by atomic mass is 14.9. The van der Waals surface area contributed by atoms with Gasteiger partial charge in [-0.05, 0) is 19.8 Å². The summed E-state index contributed by atoms with van der Waals surface area (Å²) in [7, 11) is 0. The molecule has 0 heterocycles. The molecule has 72 valence electrons. The topological polar surface area (TPSA) is 38.4 Å². The van der Waals surface area contributed by atoms with Crippen LogP contribution in [-0.4, -0.2) is 11.9 Å². The van der Waals surface area contributed by atoms with E-state index in [4.69, 9.17) is 5.73 Å². The van der Waals surface area contributed by atoms with Gasteiger partial charge < -0.3 is 5.73 Å². The molecule has 0 spiro atoms. The molecule has 0 aromatic carbocycles. The van der Waals surface area contributed by atoms with Crippen LogP contribution in [-0.2, 0) is 0 Å². The van der Waals surface area contributed by atoms with Crippen LogP contribution >= 0.6 is 0 Å². The molecule has 0 aliphatic carbocycles. The van der Waals surface area contributed by atoms with Gasteiger partial charge in [-0.1, -0.05) is 26.7 Å². The normalized spacial score (nSPS) is 14.8. The van der Waals surface area contributed by atoms with Crippen molar-refractivity contribution in [1.29, 1.82) is 0 Å². The van der Waals surface area contributed by atoms with Gasteiger partial charge >= 0.3 is 0 Å². The molecular weight excluding hydrogens is 148 g/mol. The molecule has 1 atom stereocenters. The molecular formula is C10H22N2. The number of nitrogens with two attached hydrogens (primary N) is 1. The Morgan fingerprint density at radius 2 is 2.00 bits per heavy atom. The van der Waals surface area contributed by atoms with E-state index in [0.717, 1.165) is 18.7 Å². The lowest BCUT2D eigenvalue weighted by atomic mass is 10.1. The lowest BCUT2D eigenvalue weighted by molar-refractivity contribution is 0.615. The van der Waals surface area contributed by atoms with Gasteiger partial charge in [0, 0.05) is 12.5 Å². The van der Waals surface area contributed by atoms with E-state index in [0.29, 0.717) is 6.04 Å². The highest BCUT2D eigenvalue weighted by Crippen LogP contribution is 2.04. The molecule has 0 amide bonds. The minimum absolute atomic E-state index is 0.413. The monoisotopic (exact) mass is 170 g/mol. The Kier molecular flexibility index (Phi) is 6.82. The van der Waals surface area contributed by atoms with E-state index in [-0.39, 0.29) is 0 Å². The van der Waals surface area contributed by atoms with Crippen molar-refractivity contribution in [2.24, 2.45) is 10.7 Å². The van der Waals surface area contributed by atoms with Crippen LogP contribution in [0.5, 0.6) is 0 Å². The Labute approximate surface area is 76.3 Å². The average Bonchev–Trinajstić information content (AvgIpc) is 2.01. The first-order chi connectivity index (χ1) is 5.70. The van der Waals surface area contributed by atoms with E-state index >= 15 is 0 Å². The average molecular weight is 170 g/mol. The van der Waals surface area contributed by atoms with Gasteiger partial charge in [0.15, 0.2) is 0 Å². The Bertz CT molecular complexity index is 130. The fraction of sp³-hybridized carbons (Fsp3) is 0.900. The lowest BCUT2D eigenvalue weighted by Gasteiger charge is -2.06. The van der Waals surface area contributed by atoms with Crippen LogP contribution in [0.15, 0.2) is 4.99 Å². The van der Waals surface area contributed by atoms with Gasteiger partial charge in [-0.2, -0.15) is 0 Å². The third kappa shape index (κ3) is 6.20. The number of nitrogens with zero attached hydrogens (tertiary/aromatic N) is 1. The third-order valence-corrected chi connectivity index (χ3v) is 1.87. The molecule has 0 rings (SSSR count). The second-order valence-corrected chi connectivity index (χ2v) is 3.36. The first-order valence-corrected chi connectivity index (χ1v) is 5.02. The minimum atomic E-state index is 0.413. The number of amidine groups is 1. The van der Waals surface area contributed by atoms with Crippen molar-refractivity contribution >= 4 is 5.84 Å². The van der Waals surface area contributed by atoms with Crippen molar-refractivity contribution in [3.63, 3.8) is 0 Å². The van der Waals surface area contributed by atoms with Crippen molar-refractivity contribution in [3.8, 4) is 0 Å². The number of aliphatic imine (C=N–C) groups is 1. The van der Waals surface area contributed by atoms with Gasteiger partial charge in [0.25, 0.3) is 0 Å². The largest absolute Gasteiger partial charge is 0.387 e. The van der Waals surface area contributed by atoms with Gasteiger partial charge in [-0.15, -0.1) is 0 Å². The Morgan fingerprint density at radius 1 is 1.33 bits per heavy atom. The Morgan fingerprint density at radius 3 is 2.50 bits per heavy atom. The molecule has 0 radical (unpaired) electrons. The zero-order chi connectivity index (χ0) is 9.40. The van der Waals surface area contributed by atoms with Crippen LogP contribution in [0.3, 0.4) is 0 Å². The highest BCUT2D eigenvalue weighted by molar-refractivity contribution is 5.80. The fourth-order valence-corrected chi connectivity index (χ4v) is 1.17. The van der Waals surface area contributed by atoms with Crippen molar-refractivity contribution in [2.45, 2.75) is 58.9 Å². The summed E-state index contributed by atoms with van der Waals surface area (Å²) < 4.78 is 0. The first kappa shape index (κ1) is 11.5. The van der Waals surface area contributed by atoms with Crippen molar-refractivity contribution < 1.29 is 0 Å². The van der Waals surface area contributed by atoms with E-state index in [1.807, 2.05) is 0 Å². The molecule has 0 aromatic rings. The third-order valence-electron chi connectivity index (χ3n) is 1.87. The van der Waals surface area contributed by atoms with Gasteiger partial charge in [-0.3, -0.25) is 4.99 Å². The Balaban J connectivity index is 3.63. The highest BCUT2D eigenvalue weighted by Gasteiger charge is 1.98. The summed E-state index contributed by atoms with van der Waals surface area (Å²) >= 11 is 0. The van der Waals surface area contributed by atoms with Crippen molar-refractivity contribution in [1.82, 2.24) is 0 Å². The van der Waals surface area contributed by atoms with Crippen LogP contribution in [0.25, 0.3) is 0 Å². The molecule has 0 saturated heterocycles. The number of hydrogen-bond acceptors (Lipinski definition) is 1. The molecule has 0 bridgehead atoms. The second kappa shape index (κ2) is 7.14. The van der Waals surface area contributed by atoms with Crippen LogP contribution in [0.1, 0.15) is 52.9 Å². The molecule has 2 N–H and O–H groups in total. The maximum absolute atomic E-state index is 5.71. The predicted molar refractivity (Wildman–Crippen MR) is 55.5 cm³/mol. The lowest BCUT2D eigenvalue weighted by Crippen LogP contribution is -2.14. The summed E-state index contributed by atoms with van der Waals surface area (Å²) in [6, 6.07) is 0.413. The maximum Gasteiger partial charge on any atom is 0.0940 e. The van der Waals surface area contributed by atoms with E-state index in [9.17, 15) is 0 Å². The quantitative estimate of drug-likeness (QED) is 0.483. The molecule has 2 heteroatoms. The summed E-state index contributed by atoms with van der Waals surface area (Å²) in [4.78, 5) is 4.40. The zero-order valence-electron chi connectivity index (χ0n) is 8.64. The fourth-order valence-electron chi connectivity index (χ4n) is 1.17. The minimum Gasteiger partial charge on any atom is -0.387 e. The molecule has 2 nitrogen and oxygen atoms in total. The summed E-state index contributed by atoms with van der Waals surface area (Å²) in [5, 5.41) is 0. The number of rotatable bonds is 6. The van der Waals surface area contributed by atoms with Crippen LogP contribution in [0.4, 0.5) is 0 Å². The van der Waals surface area contributed by atoms with Gasteiger partial charge in [0.1, 0.15) is 0 Å². The molecule has 0 fully saturated rings. The van der Waals surface area contributed by atoms with Crippen LogP contribution in [0, 0.1) is 0 Å². The summed E-state index contributed by atoms with van der Waals surface area (Å²) in [5.74, 6) is 0.820. The number of hydrogen-bond donors (Lipinski definition) is 1. The molecule has 0 aliphatic rings. The molecule has 1 unspecified atom stereocenters. The maximum atomic E-state index is 5.71. The summed E-state index contributed by atoms with van der Waals surface area (Å²) in [5.41, 5.74) is 5.71. The standard InChI is InChI=1S/C10H22N2/c1-4-6-8-9(3)12-10(11)7-5-2/h9H,4-8H2,1-3H3,(H2,11,12). The van der Waals surface area contributed by atoms with Crippen LogP contribution < -0.4 is 5.73 Å². The van der Waals surface area contributed by atoms with E-state index in [1.54, 1.807) is 0 Å². The van der Waals surface area contributed by atoms with E-state index in [2.05, 4.69) is 25.8 Å². The van der Waals surface area contributed by atoms with Gasteiger partial charge in [0.05, 0.1) is 5.84 Å². The van der Waals surface area contributed by atoms with Crippen molar-refractivity contribution in [2.75, 3.05) is 0 Å². The van der Waals surface area contributed by atoms with Crippen LogP contribution in [0.2, 0.25) is 0 Å². The molecule has 0 aromatic heterocycles. The molecule has 12 heavy (non-hydrogen) atoms. The first-order valence-electron chi connectivity index (χ1n) is 5.02. The number of unbranched alkanes of at least 4 members (excludes halogenated alkanes) is 1. The second-order valence-electron chi connectivity index (χ2n) is 3.36. The van der Waals surface area contributed by atoms with E-state index < -0.39 is 0 Å². The predicted octanol–water partition coefficient (Wildman–Crippen LogP) is 2.72. The zero-order valence-corrected chi connectivity index (χ0v) is 8.64. The molecule has 0 saturated carbocycles.